The summed E-state index contributed by atoms with van der Waals surface area (Å²) in [5, 5.41) is 0. The number of carbonyl (C=O) groups excluding carboxylic acids is 1. The van der Waals surface area contributed by atoms with Gasteiger partial charge in [0.15, 0.2) is 0 Å². The zero-order valence-corrected chi connectivity index (χ0v) is 16.2. The lowest BCUT2D eigenvalue weighted by atomic mass is 10.1. The first-order valence-corrected chi connectivity index (χ1v) is 10.4. The van der Waals surface area contributed by atoms with Crippen LogP contribution in [0.25, 0.3) is 0 Å². The first-order chi connectivity index (χ1) is 12.4. The van der Waals surface area contributed by atoms with Crippen molar-refractivity contribution in [3.05, 3.63) is 41.5 Å². The highest BCUT2D eigenvalue weighted by Crippen LogP contribution is 2.24. The molecular weight excluding hydrogens is 352 g/mol. The molecule has 1 aromatic carbocycles. The zero-order valence-electron chi connectivity index (χ0n) is 15.3. The summed E-state index contributed by atoms with van der Waals surface area (Å²) in [6.45, 7) is 4.05. The van der Waals surface area contributed by atoms with Gasteiger partial charge in [-0.05, 0) is 44.4 Å². The van der Waals surface area contributed by atoms with Gasteiger partial charge in [0.1, 0.15) is 0 Å². The average molecular weight is 378 g/mol. The summed E-state index contributed by atoms with van der Waals surface area (Å²) < 4.78 is 32.5. The molecule has 1 saturated heterocycles. The van der Waals surface area contributed by atoms with E-state index in [9.17, 15) is 13.2 Å². The molecule has 26 heavy (non-hydrogen) atoms. The first kappa shape index (κ1) is 19.1. The van der Waals surface area contributed by atoms with Gasteiger partial charge < -0.3 is 9.64 Å². The number of sulfonamides is 1. The molecule has 0 unspecified atom stereocenters. The van der Waals surface area contributed by atoms with E-state index in [1.807, 2.05) is 13.0 Å². The molecule has 0 aliphatic carbocycles. The number of rotatable bonds is 5. The van der Waals surface area contributed by atoms with Crippen LogP contribution in [-0.4, -0.2) is 62.9 Å². The molecule has 2 aliphatic heterocycles. The summed E-state index contributed by atoms with van der Waals surface area (Å²) in [5.74, 6) is -0.129. The maximum Gasteiger partial charge on any atom is 0.254 e. The fourth-order valence-electron chi connectivity index (χ4n) is 3.54. The Hall–Kier alpha value is -1.70. The van der Waals surface area contributed by atoms with E-state index in [4.69, 9.17) is 4.74 Å². The third-order valence-corrected chi connectivity index (χ3v) is 6.98. The number of hydrogen-bond donors (Lipinski definition) is 0. The quantitative estimate of drug-likeness (QED) is 0.737. The fourth-order valence-corrected chi connectivity index (χ4v) is 4.97. The summed E-state index contributed by atoms with van der Waals surface area (Å²) in [6, 6.07) is 6.46. The third kappa shape index (κ3) is 3.84. The molecule has 0 bridgehead atoms. The number of amides is 1. The molecule has 2 aliphatic rings. The zero-order chi connectivity index (χ0) is 18.7. The van der Waals surface area contributed by atoms with Crippen LogP contribution in [0.1, 0.15) is 36.5 Å². The Balaban J connectivity index is 1.83. The van der Waals surface area contributed by atoms with E-state index in [0.29, 0.717) is 31.8 Å². The Morgan fingerprint density at radius 1 is 1.31 bits per heavy atom. The predicted molar refractivity (Wildman–Crippen MR) is 99.5 cm³/mol. The van der Waals surface area contributed by atoms with Gasteiger partial charge >= 0.3 is 0 Å². The van der Waals surface area contributed by atoms with E-state index in [1.54, 1.807) is 30.2 Å². The molecule has 0 spiro atoms. The highest BCUT2D eigenvalue weighted by molar-refractivity contribution is 7.89. The van der Waals surface area contributed by atoms with Gasteiger partial charge in [0.2, 0.25) is 10.0 Å². The second-order valence-corrected chi connectivity index (χ2v) is 8.88. The average Bonchev–Trinajstić information content (AvgIpc) is 3.10. The molecule has 3 rings (SSSR count). The molecule has 1 aromatic rings. The SMILES string of the molecule is COC[C@@H]1CCCN1C(=O)c1cccc(S(=O)(=O)N2CC=C(C)CC2)c1. The third-order valence-electron chi connectivity index (χ3n) is 5.11. The van der Waals surface area contributed by atoms with Crippen molar-refractivity contribution >= 4 is 15.9 Å². The number of nitrogens with zero attached hydrogens (tertiary/aromatic N) is 2. The van der Waals surface area contributed by atoms with Crippen molar-refractivity contribution in [2.24, 2.45) is 0 Å². The molecule has 0 saturated carbocycles. The summed E-state index contributed by atoms with van der Waals surface area (Å²) >= 11 is 0. The van der Waals surface area contributed by atoms with Crippen molar-refractivity contribution < 1.29 is 17.9 Å². The van der Waals surface area contributed by atoms with E-state index < -0.39 is 10.0 Å². The number of ether oxygens (including phenoxy) is 1. The Kier molecular flexibility index (Phi) is 5.79. The van der Waals surface area contributed by atoms with Crippen LogP contribution in [0.4, 0.5) is 0 Å². The Labute approximate surface area is 155 Å². The van der Waals surface area contributed by atoms with Crippen molar-refractivity contribution in [3.63, 3.8) is 0 Å². The van der Waals surface area contributed by atoms with Crippen LogP contribution in [-0.2, 0) is 14.8 Å². The van der Waals surface area contributed by atoms with Crippen molar-refractivity contribution in [1.29, 1.82) is 0 Å². The summed E-state index contributed by atoms with van der Waals surface area (Å²) in [6.07, 6.45) is 4.54. The van der Waals surface area contributed by atoms with Crippen LogP contribution in [0.5, 0.6) is 0 Å². The summed E-state index contributed by atoms with van der Waals surface area (Å²) in [7, 11) is -1.97. The number of hydrogen-bond acceptors (Lipinski definition) is 4. The Morgan fingerprint density at radius 2 is 2.12 bits per heavy atom. The lowest BCUT2D eigenvalue weighted by Gasteiger charge is -2.26. The molecule has 1 atom stereocenters. The van der Waals surface area contributed by atoms with Gasteiger partial charge in [-0.15, -0.1) is 0 Å². The maximum atomic E-state index is 12.9. The largest absolute Gasteiger partial charge is 0.383 e. The van der Waals surface area contributed by atoms with E-state index in [0.717, 1.165) is 19.3 Å². The first-order valence-electron chi connectivity index (χ1n) is 8.99. The molecule has 0 N–H and O–H groups in total. The summed E-state index contributed by atoms with van der Waals surface area (Å²) in [5.41, 5.74) is 1.62. The minimum atomic E-state index is -3.60. The highest BCUT2D eigenvalue weighted by Gasteiger charge is 2.31. The van der Waals surface area contributed by atoms with Crippen molar-refractivity contribution in [1.82, 2.24) is 9.21 Å². The maximum absolute atomic E-state index is 12.9. The van der Waals surface area contributed by atoms with Gasteiger partial charge in [0, 0.05) is 32.3 Å². The standard InChI is InChI=1S/C19H26N2O4S/c1-15-8-11-20(12-9-15)26(23,24)18-7-3-5-16(13-18)19(22)21-10-4-6-17(21)14-25-2/h3,5,7-8,13,17H,4,6,9-12,14H2,1-2H3/t17-/m0/s1. The van der Waals surface area contributed by atoms with Gasteiger partial charge in [-0.2, -0.15) is 4.31 Å². The van der Waals surface area contributed by atoms with E-state index in [-0.39, 0.29) is 16.8 Å². The fraction of sp³-hybridized carbons (Fsp3) is 0.526. The molecule has 1 amide bonds. The molecule has 142 valence electrons. The molecule has 1 fully saturated rings. The van der Waals surface area contributed by atoms with Crippen molar-refractivity contribution in [2.75, 3.05) is 33.4 Å². The van der Waals surface area contributed by atoms with E-state index >= 15 is 0 Å². The predicted octanol–water partition coefficient (Wildman–Crippen LogP) is 2.28. The van der Waals surface area contributed by atoms with Crippen molar-refractivity contribution in [3.8, 4) is 0 Å². The number of benzene rings is 1. The lowest BCUT2D eigenvalue weighted by Crippen LogP contribution is -2.38. The van der Waals surface area contributed by atoms with Gasteiger partial charge in [0.05, 0.1) is 17.5 Å². The van der Waals surface area contributed by atoms with Crippen LogP contribution < -0.4 is 0 Å². The van der Waals surface area contributed by atoms with E-state index in [1.165, 1.54) is 15.9 Å². The highest BCUT2D eigenvalue weighted by atomic mass is 32.2. The number of carbonyl (C=O) groups is 1. The van der Waals surface area contributed by atoms with Gasteiger partial charge in [-0.1, -0.05) is 17.7 Å². The lowest BCUT2D eigenvalue weighted by molar-refractivity contribution is 0.0630. The van der Waals surface area contributed by atoms with Crippen molar-refractivity contribution in [2.45, 2.75) is 37.1 Å². The molecular formula is C19H26N2O4S. The van der Waals surface area contributed by atoms with Gasteiger partial charge in [-0.3, -0.25) is 4.79 Å². The van der Waals surface area contributed by atoms with Crippen LogP contribution in [0.2, 0.25) is 0 Å². The molecule has 6 nitrogen and oxygen atoms in total. The monoisotopic (exact) mass is 378 g/mol. The van der Waals surface area contributed by atoms with E-state index in [2.05, 4.69) is 0 Å². The van der Waals surface area contributed by atoms with Crippen LogP contribution in [0.3, 0.4) is 0 Å². The minimum absolute atomic E-state index is 0.0583. The van der Waals surface area contributed by atoms with Crippen LogP contribution in [0.15, 0.2) is 40.8 Å². The Bertz CT molecular complexity index is 804. The van der Waals surface area contributed by atoms with Gasteiger partial charge in [0.25, 0.3) is 5.91 Å². The number of likely N-dealkylation sites (tertiary alicyclic amines) is 1. The minimum Gasteiger partial charge on any atom is -0.383 e. The van der Waals surface area contributed by atoms with Crippen LogP contribution in [0, 0.1) is 0 Å². The molecule has 7 heteroatoms. The van der Waals surface area contributed by atoms with Gasteiger partial charge in [-0.25, -0.2) is 8.42 Å². The normalized spacial score (nSPS) is 21.7. The molecule has 2 heterocycles. The molecule has 0 aromatic heterocycles. The van der Waals surface area contributed by atoms with Crippen LogP contribution >= 0.6 is 0 Å². The Morgan fingerprint density at radius 3 is 2.81 bits per heavy atom. The topological polar surface area (TPSA) is 66.9 Å². The summed E-state index contributed by atoms with van der Waals surface area (Å²) in [4.78, 5) is 14.9. The molecule has 0 radical (unpaired) electrons. The smallest absolute Gasteiger partial charge is 0.254 e. The second kappa shape index (κ2) is 7.90. The number of methoxy groups -OCH3 is 1. The second-order valence-electron chi connectivity index (χ2n) is 6.94.